The standard InChI is InChI=1S/C10H17N3S/c1-2-9-4-3-5-13(9)6-8-7-14-10(11)12-8/h7,9H,2-6H2,1H3,(H2,11,12). The minimum absolute atomic E-state index is 0.687. The molecule has 0 spiro atoms. The summed E-state index contributed by atoms with van der Waals surface area (Å²) in [6.45, 7) is 4.46. The van der Waals surface area contributed by atoms with E-state index in [1.807, 2.05) is 0 Å². The van der Waals surface area contributed by atoms with Crippen LogP contribution in [0.3, 0.4) is 0 Å². The minimum Gasteiger partial charge on any atom is -0.375 e. The van der Waals surface area contributed by atoms with E-state index in [-0.39, 0.29) is 0 Å². The van der Waals surface area contributed by atoms with Crippen molar-refractivity contribution < 1.29 is 0 Å². The number of rotatable bonds is 3. The number of nitrogens with zero attached hydrogens (tertiary/aromatic N) is 2. The molecule has 0 bridgehead atoms. The number of anilines is 1. The van der Waals surface area contributed by atoms with E-state index in [1.165, 1.54) is 37.1 Å². The van der Waals surface area contributed by atoms with Crippen LogP contribution in [0.25, 0.3) is 0 Å². The Balaban J connectivity index is 1.96. The maximum atomic E-state index is 5.61. The number of nitrogens with two attached hydrogens (primary N) is 1. The Morgan fingerprint density at radius 2 is 2.57 bits per heavy atom. The van der Waals surface area contributed by atoms with Gasteiger partial charge < -0.3 is 5.73 Å². The molecule has 2 N–H and O–H groups in total. The summed E-state index contributed by atoms with van der Waals surface area (Å²) < 4.78 is 0. The summed E-state index contributed by atoms with van der Waals surface area (Å²) in [5.74, 6) is 0. The van der Waals surface area contributed by atoms with E-state index in [2.05, 4.69) is 22.2 Å². The van der Waals surface area contributed by atoms with Crippen molar-refractivity contribution in [1.29, 1.82) is 0 Å². The first kappa shape index (κ1) is 9.93. The van der Waals surface area contributed by atoms with Crippen LogP contribution in [-0.4, -0.2) is 22.5 Å². The number of thiazole rings is 1. The molecule has 1 aromatic rings. The fourth-order valence-electron chi connectivity index (χ4n) is 2.17. The smallest absolute Gasteiger partial charge is 0.180 e. The highest BCUT2D eigenvalue weighted by Gasteiger charge is 2.23. The van der Waals surface area contributed by atoms with Gasteiger partial charge in [-0.3, -0.25) is 4.90 Å². The molecular weight excluding hydrogens is 194 g/mol. The van der Waals surface area contributed by atoms with Crippen molar-refractivity contribution in [3.8, 4) is 0 Å². The van der Waals surface area contributed by atoms with E-state index in [1.54, 1.807) is 0 Å². The van der Waals surface area contributed by atoms with E-state index in [0.717, 1.165) is 18.3 Å². The molecule has 1 unspecified atom stereocenters. The monoisotopic (exact) mass is 211 g/mol. The first-order valence-electron chi connectivity index (χ1n) is 5.23. The van der Waals surface area contributed by atoms with Gasteiger partial charge in [-0.25, -0.2) is 4.98 Å². The molecule has 0 radical (unpaired) electrons. The molecule has 1 aliphatic heterocycles. The molecule has 2 heterocycles. The van der Waals surface area contributed by atoms with Gasteiger partial charge in [-0.1, -0.05) is 6.92 Å². The lowest BCUT2D eigenvalue weighted by molar-refractivity contribution is 0.238. The lowest BCUT2D eigenvalue weighted by Crippen LogP contribution is -2.28. The van der Waals surface area contributed by atoms with Crippen molar-refractivity contribution >= 4 is 16.5 Å². The molecule has 2 rings (SSSR count). The zero-order chi connectivity index (χ0) is 9.97. The van der Waals surface area contributed by atoms with E-state index < -0.39 is 0 Å². The van der Waals surface area contributed by atoms with E-state index in [0.29, 0.717) is 5.13 Å². The fourth-order valence-corrected chi connectivity index (χ4v) is 2.72. The second-order valence-electron chi connectivity index (χ2n) is 3.85. The SMILES string of the molecule is CCC1CCCN1Cc1csc(N)n1. The summed E-state index contributed by atoms with van der Waals surface area (Å²) in [5.41, 5.74) is 6.74. The van der Waals surface area contributed by atoms with Gasteiger partial charge >= 0.3 is 0 Å². The number of hydrogen-bond acceptors (Lipinski definition) is 4. The number of likely N-dealkylation sites (tertiary alicyclic amines) is 1. The van der Waals surface area contributed by atoms with Crippen LogP contribution >= 0.6 is 11.3 Å². The summed E-state index contributed by atoms with van der Waals surface area (Å²) in [4.78, 5) is 6.82. The molecule has 78 valence electrons. The zero-order valence-electron chi connectivity index (χ0n) is 8.57. The van der Waals surface area contributed by atoms with Crippen LogP contribution in [0.4, 0.5) is 5.13 Å². The first-order valence-corrected chi connectivity index (χ1v) is 6.11. The Bertz CT molecular complexity index is 297. The third-order valence-corrected chi connectivity index (χ3v) is 3.63. The van der Waals surface area contributed by atoms with Crippen LogP contribution in [-0.2, 0) is 6.54 Å². The second-order valence-corrected chi connectivity index (χ2v) is 4.74. The minimum atomic E-state index is 0.687. The molecule has 0 aromatic carbocycles. The van der Waals surface area contributed by atoms with Crippen LogP contribution in [0.2, 0.25) is 0 Å². The van der Waals surface area contributed by atoms with Crippen molar-refractivity contribution in [2.75, 3.05) is 12.3 Å². The number of hydrogen-bond donors (Lipinski definition) is 1. The first-order chi connectivity index (χ1) is 6.79. The van der Waals surface area contributed by atoms with E-state index in [4.69, 9.17) is 5.73 Å². The van der Waals surface area contributed by atoms with Crippen LogP contribution in [0.5, 0.6) is 0 Å². The average molecular weight is 211 g/mol. The topological polar surface area (TPSA) is 42.1 Å². The second kappa shape index (κ2) is 4.28. The summed E-state index contributed by atoms with van der Waals surface area (Å²) in [6, 6.07) is 0.762. The normalized spacial score (nSPS) is 23.1. The average Bonchev–Trinajstić information content (AvgIpc) is 2.76. The lowest BCUT2D eigenvalue weighted by atomic mass is 10.2. The molecule has 1 fully saturated rings. The zero-order valence-corrected chi connectivity index (χ0v) is 9.39. The predicted octanol–water partition coefficient (Wildman–Crippen LogP) is 2.10. The van der Waals surface area contributed by atoms with Crippen molar-refractivity contribution in [1.82, 2.24) is 9.88 Å². The third kappa shape index (κ3) is 2.07. The van der Waals surface area contributed by atoms with Crippen LogP contribution < -0.4 is 5.73 Å². The highest BCUT2D eigenvalue weighted by Crippen LogP contribution is 2.23. The van der Waals surface area contributed by atoms with Crippen LogP contribution in [0.15, 0.2) is 5.38 Å². The molecule has 4 heteroatoms. The highest BCUT2D eigenvalue weighted by atomic mass is 32.1. The van der Waals surface area contributed by atoms with Gasteiger partial charge in [-0.15, -0.1) is 11.3 Å². The van der Waals surface area contributed by atoms with Gasteiger partial charge in [0.25, 0.3) is 0 Å². The number of aromatic nitrogens is 1. The van der Waals surface area contributed by atoms with Gasteiger partial charge in [0.15, 0.2) is 5.13 Å². The summed E-state index contributed by atoms with van der Waals surface area (Å²) in [7, 11) is 0. The third-order valence-electron chi connectivity index (χ3n) is 2.90. The highest BCUT2D eigenvalue weighted by molar-refractivity contribution is 7.13. The van der Waals surface area contributed by atoms with Crippen molar-refractivity contribution in [3.63, 3.8) is 0 Å². The Morgan fingerprint density at radius 1 is 1.71 bits per heavy atom. The van der Waals surface area contributed by atoms with Gasteiger partial charge in [0.05, 0.1) is 5.69 Å². The quantitative estimate of drug-likeness (QED) is 0.832. The van der Waals surface area contributed by atoms with Gasteiger partial charge in [-0.2, -0.15) is 0 Å². The van der Waals surface area contributed by atoms with Crippen molar-refractivity contribution in [3.05, 3.63) is 11.1 Å². The molecule has 1 saturated heterocycles. The molecule has 0 amide bonds. The number of nitrogen functional groups attached to an aromatic ring is 1. The predicted molar refractivity (Wildman–Crippen MR) is 60.2 cm³/mol. The summed E-state index contributed by atoms with van der Waals surface area (Å²) in [6.07, 6.45) is 3.92. The lowest BCUT2D eigenvalue weighted by Gasteiger charge is -2.21. The molecular formula is C10H17N3S. The molecule has 0 aliphatic carbocycles. The van der Waals surface area contributed by atoms with Gasteiger partial charge in [-0.05, 0) is 25.8 Å². The van der Waals surface area contributed by atoms with Crippen molar-refractivity contribution in [2.45, 2.75) is 38.8 Å². The van der Waals surface area contributed by atoms with Crippen LogP contribution in [0, 0.1) is 0 Å². The summed E-state index contributed by atoms with van der Waals surface area (Å²) in [5, 5.41) is 2.76. The molecule has 3 nitrogen and oxygen atoms in total. The maximum Gasteiger partial charge on any atom is 0.180 e. The van der Waals surface area contributed by atoms with E-state index >= 15 is 0 Å². The largest absolute Gasteiger partial charge is 0.375 e. The Kier molecular flexibility index (Phi) is 3.03. The Hall–Kier alpha value is -0.610. The Labute approximate surface area is 88.9 Å². The summed E-state index contributed by atoms with van der Waals surface area (Å²) >= 11 is 1.54. The maximum absolute atomic E-state index is 5.61. The fraction of sp³-hybridized carbons (Fsp3) is 0.700. The van der Waals surface area contributed by atoms with Crippen LogP contribution in [0.1, 0.15) is 31.9 Å². The Morgan fingerprint density at radius 3 is 3.21 bits per heavy atom. The van der Waals surface area contributed by atoms with Gasteiger partial charge in [0, 0.05) is 18.0 Å². The van der Waals surface area contributed by atoms with E-state index in [9.17, 15) is 0 Å². The van der Waals surface area contributed by atoms with Crippen molar-refractivity contribution in [2.24, 2.45) is 0 Å². The molecule has 1 aliphatic rings. The van der Waals surface area contributed by atoms with Gasteiger partial charge in [0.1, 0.15) is 0 Å². The molecule has 14 heavy (non-hydrogen) atoms. The molecule has 0 saturated carbocycles. The molecule has 1 aromatic heterocycles. The molecule has 1 atom stereocenters. The van der Waals surface area contributed by atoms with Gasteiger partial charge in [0.2, 0.25) is 0 Å².